The van der Waals surface area contributed by atoms with Gasteiger partial charge in [-0.2, -0.15) is 0 Å². The molecule has 0 fully saturated rings. The summed E-state index contributed by atoms with van der Waals surface area (Å²) in [5, 5.41) is 11.2. The summed E-state index contributed by atoms with van der Waals surface area (Å²) in [6.07, 6.45) is -1.08. The number of hydrogen-bond donors (Lipinski definition) is 1. The first-order valence-electron chi connectivity index (χ1n) is 11.9. The number of hydrogen-bond acceptors (Lipinski definition) is 6. The Kier molecular flexibility index (Phi) is 9.98. The highest BCUT2D eigenvalue weighted by molar-refractivity contribution is 7.98. The number of thioether (sulfide) groups is 1. The van der Waals surface area contributed by atoms with Crippen molar-refractivity contribution >= 4 is 11.8 Å². The molecule has 0 radical (unpaired) electrons. The molecule has 1 atom stereocenters. The quantitative estimate of drug-likeness (QED) is 0.245. The molecule has 5 nitrogen and oxygen atoms in total. The van der Waals surface area contributed by atoms with Crippen molar-refractivity contribution in [3.05, 3.63) is 77.4 Å². The molecule has 0 aliphatic carbocycles. The van der Waals surface area contributed by atoms with E-state index in [4.69, 9.17) is 18.9 Å². The molecular formula is C30H34O5S. The van der Waals surface area contributed by atoms with Crippen molar-refractivity contribution in [3.63, 3.8) is 0 Å². The van der Waals surface area contributed by atoms with Crippen LogP contribution in [0.25, 0.3) is 0 Å². The zero-order valence-corrected chi connectivity index (χ0v) is 22.5. The smallest absolute Gasteiger partial charge is 0.162 e. The minimum Gasteiger partial charge on any atom is -0.493 e. The molecule has 0 aliphatic heterocycles. The molecule has 0 bridgehead atoms. The van der Waals surface area contributed by atoms with Gasteiger partial charge in [0.25, 0.3) is 0 Å². The number of aliphatic hydroxyl groups excluding tert-OH is 1. The maximum atomic E-state index is 11.2. The lowest BCUT2D eigenvalue weighted by Crippen LogP contribution is -2.08. The second kappa shape index (κ2) is 13.2. The Labute approximate surface area is 218 Å². The van der Waals surface area contributed by atoms with Crippen molar-refractivity contribution in [3.8, 4) is 34.8 Å². The van der Waals surface area contributed by atoms with E-state index in [9.17, 15) is 5.11 Å². The van der Waals surface area contributed by atoms with Gasteiger partial charge < -0.3 is 24.1 Å². The van der Waals surface area contributed by atoms with Gasteiger partial charge >= 0.3 is 0 Å². The van der Waals surface area contributed by atoms with E-state index in [2.05, 4.69) is 24.0 Å². The van der Waals surface area contributed by atoms with E-state index in [0.29, 0.717) is 28.6 Å². The Morgan fingerprint density at radius 3 is 2.03 bits per heavy atom. The van der Waals surface area contributed by atoms with Crippen LogP contribution in [0, 0.1) is 11.8 Å². The van der Waals surface area contributed by atoms with Crippen LogP contribution in [-0.2, 0) is 5.75 Å². The van der Waals surface area contributed by atoms with Crippen molar-refractivity contribution in [2.24, 2.45) is 0 Å². The van der Waals surface area contributed by atoms with Crippen molar-refractivity contribution in [2.75, 3.05) is 14.2 Å². The van der Waals surface area contributed by atoms with Crippen LogP contribution in [0.5, 0.6) is 23.0 Å². The van der Waals surface area contributed by atoms with E-state index in [0.717, 1.165) is 16.2 Å². The predicted molar refractivity (Wildman–Crippen MR) is 145 cm³/mol. The first-order valence-corrected chi connectivity index (χ1v) is 12.9. The van der Waals surface area contributed by atoms with E-state index < -0.39 is 6.10 Å². The lowest BCUT2D eigenvalue weighted by atomic mass is 10.1. The summed E-state index contributed by atoms with van der Waals surface area (Å²) < 4.78 is 22.8. The normalized spacial score (nSPS) is 11.6. The summed E-state index contributed by atoms with van der Waals surface area (Å²) in [6, 6.07) is 19.4. The highest BCUT2D eigenvalue weighted by Gasteiger charge is 2.18. The average molecular weight is 507 g/mol. The molecule has 190 valence electrons. The van der Waals surface area contributed by atoms with Crippen LogP contribution in [-0.4, -0.2) is 31.5 Å². The van der Waals surface area contributed by atoms with Crippen LogP contribution in [0.4, 0.5) is 0 Å². The van der Waals surface area contributed by atoms with Crippen molar-refractivity contribution in [1.29, 1.82) is 0 Å². The lowest BCUT2D eigenvalue weighted by molar-refractivity contribution is 0.220. The Morgan fingerprint density at radius 2 is 1.42 bits per heavy atom. The first kappa shape index (κ1) is 27.3. The zero-order chi connectivity index (χ0) is 26.1. The summed E-state index contributed by atoms with van der Waals surface area (Å²) in [6.45, 7) is 7.81. The number of ether oxygens (including phenoxy) is 4. The van der Waals surface area contributed by atoms with Gasteiger partial charge in [0.1, 0.15) is 6.10 Å². The highest BCUT2D eigenvalue weighted by atomic mass is 32.2. The Balaban J connectivity index is 1.95. The van der Waals surface area contributed by atoms with E-state index in [1.807, 2.05) is 76.2 Å². The average Bonchev–Trinajstić information content (AvgIpc) is 2.86. The zero-order valence-electron chi connectivity index (χ0n) is 21.7. The topological polar surface area (TPSA) is 57.2 Å². The van der Waals surface area contributed by atoms with Crippen molar-refractivity contribution < 1.29 is 24.1 Å². The van der Waals surface area contributed by atoms with Gasteiger partial charge in [0.2, 0.25) is 0 Å². The van der Waals surface area contributed by atoms with Crippen LogP contribution in [0.15, 0.2) is 65.6 Å². The molecular weight excluding hydrogens is 472 g/mol. The molecule has 0 saturated carbocycles. The van der Waals surface area contributed by atoms with Crippen LogP contribution < -0.4 is 18.9 Å². The number of methoxy groups -OCH3 is 2. The summed E-state index contributed by atoms with van der Waals surface area (Å²) in [7, 11) is 3.22. The Morgan fingerprint density at radius 1 is 0.778 bits per heavy atom. The molecule has 0 saturated heterocycles. The summed E-state index contributed by atoms with van der Waals surface area (Å²) in [5.74, 6) is 9.26. The SMILES string of the molecule is COc1ccc(C#CC(O)c2cc(OC(C)C)c(OC)cc2SCc2ccccc2)cc1OC(C)C. The standard InChI is InChI=1S/C30H34O5S/c1-20(2)34-28-16-22(13-15-26(28)32-5)12-14-25(31)24-17-29(35-21(3)4)27(33-6)18-30(24)36-19-23-10-8-7-9-11-23/h7-11,13,15-18,20-21,25,31H,19H2,1-6H3. The second-order valence-corrected chi connectivity index (χ2v) is 9.70. The monoisotopic (exact) mass is 506 g/mol. The van der Waals surface area contributed by atoms with Crippen LogP contribution in [0.2, 0.25) is 0 Å². The molecule has 36 heavy (non-hydrogen) atoms. The van der Waals surface area contributed by atoms with Gasteiger partial charge in [-0.1, -0.05) is 42.2 Å². The number of benzene rings is 3. The fourth-order valence-corrected chi connectivity index (χ4v) is 4.51. The second-order valence-electron chi connectivity index (χ2n) is 8.69. The highest BCUT2D eigenvalue weighted by Crippen LogP contribution is 2.39. The summed E-state index contributed by atoms with van der Waals surface area (Å²) >= 11 is 1.62. The molecule has 1 N–H and O–H groups in total. The van der Waals surface area contributed by atoms with Gasteiger partial charge in [0, 0.05) is 21.8 Å². The molecule has 3 aromatic rings. The van der Waals surface area contributed by atoms with Gasteiger partial charge in [-0.05, 0) is 63.6 Å². The lowest BCUT2D eigenvalue weighted by Gasteiger charge is -2.19. The van der Waals surface area contributed by atoms with Gasteiger partial charge in [-0.15, -0.1) is 11.8 Å². The van der Waals surface area contributed by atoms with Gasteiger partial charge in [0.15, 0.2) is 23.0 Å². The minimum absolute atomic E-state index is 0.00410. The van der Waals surface area contributed by atoms with Crippen LogP contribution in [0.1, 0.15) is 50.5 Å². The minimum atomic E-state index is -1.03. The molecule has 3 rings (SSSR count). The third-order valence-electron chi connectivity index (χ3n) is 5.07. The van der Waals surface area contributed by atoms with Crippen LogP contribution >= 0.6 is 11.8 Å². The molecule has 1 unspecified atom stereocenters. The van der Waals surface area contributed by atoms with Gasteiger partial charge in [-0.3, -0.25) is 0 Å². The molecule has 6 heteroatoms. The maximum Gasteiger partial charge on any atom is 0.162 e. The fourth-order valence-electron chi connectivity index (χ4n) is 3.47. The Hall–Kier alpha value is -3.27. The van der Waals surface area contributed by atoms with E-state index in [1.54, 1.807) is 26.0 Å². The molecule has 0 amide bonds. The first-order chi connectivity index (χ1) is 17.3. The van der Waals surface area contributed by atoms with E-state index in [-0.39, 0.29) is 12.2 Å². The largest absolute Gasteiger partial charge is 0.493 e. The third-order valence-corrected chi connectivity index (χ3v) is 6.21. The summed E-state index contributed by atoms with van der Waals surface area (Å²) in [5.41, 5.74) is 2.58. The maximum absolute atomic E-state index is 11.2. The fraction of sp³-hybridized carbons (Fsp3) is 0.333. The predicted octanol–water partition coefficient (Wildman–Crippen LogP) is 6.66. The van der Waals surface area contributed by atoms with E-state index in [1.165, 1.54) is 5.56 Å². The number of rotatable bonds is 10. The molecule has 0 heterocycles. The molecule has 0 aliphatic rings. The van der Waals surface area contributed by atoms with Crippen molar-refractivity contribution in [1.82, 2.24) is 0 Å². The third kappa shape index (κ3) is 7.61. The van der Waals surface area contributed by atoms with Gasteiger partial charge in [-0.25, -0.2) is 0 Å². The number of aliphatic hydroxyl groups is 1. The Bertz CT molecular complexity index is 1200. The molecule has 0 spiro atoms. The van der Waals surface area contributed by atoms with E-state index >= 15 is 0 Å². The summed E-state index contributed by atoms with van der Waals surface area (Å²) in [4.78, 5) is 0.882. The molecule has 3 aromatic carbocycles. The van der Waals surface area contributed by atoms with Crippen LogP contribution in [0.3, 0.4) is 0 Å². The van der Waals surface area contributed by atoms with Gasteiger partial charge in [0.05, 0.1) is 26.4 Å². The van der Waals surface area contributed by atoms with Crippen molar-refractivity contribution in [2.45, 2.75) is 56.7 Å². The molecule has 0 aromatic heterocycles.